The van der Waals surface area contributed by atoms with Crippen LogP contribution < -0.4 is 5.73 Å². The van der Waals surface area contributed by atoms with Crippen molar-refractivity contribution < 1.29 is 0 Å². The van der Waals surface area contributed by atoms with Crippen LogP contribution in [0.25, 0.3) is 0 Å². The highest BCUT2D eigenvalue weighted by atomic mass is 14.5. The number of hydrogen-bond donors (Lipinski definition) is 1. The lowest BCUT2D eigenvalue weighted by Gasteiger charge is -2.04. The normalized spacial score (nSPS) is 13.9. The van der Waals surface area contributed by atoms with Gasteiger partial charge in [0.2, 0.25) is 0 Å². The van der Waals surface area contributed by atoms with E-state index in [1.54, 1.807) is 0 Å². The van der Waals surface area contributed by atoms with Crippen LogP contribution in [-0.4, -0.2) is 6.54 Å². The van der Waals surface area contributed by atoms with Crippen molar-refractivity contribution in [1.29, 1.82) is 0 Å². The lowest BCUT2D eigenvalue weighted by atomic mass is 10.1. The first-order valence-electron chi connectivity index (χ1n) is 3.34. The van der Waals surface area contributed by atoms with Gasteiger partial charge in [-0.3, -0.25) is 0 Å². The minimum atomic E-state index is 0.606. The summed E-state index contributed by atoms with van der Waals surface area (Å²) in [6.07, 6.45) is 4.72. The van der Waals surface area contributed by atoms with E-state index in [-0.39, 0.29) is 0 Å². The van der Waals surface area contributed by atoms with E-state index >= 15 is 0 Å². The molecule has 8 heavy (non-hydrogen) atoms. The summed E-state index contributed by atoms with van der Waals surface area (Å²) in [4.78, 5) is 0. The first-order chi connectivity index (χ1) is 3.81. The molecule has 1 nitrogen and oxygen atoms in total. The second-order valence-electron chi connectivity index (χ2n) is 2.24. The summed E-state index contributed by atoms with van der Waals surface area (Å²) in [6, 6.07) is 0. The first-order valence-corrected chi connectivity index (χ1v) is 3.34. The highest BCUT2D eigenvalue weighted by Gasteiger charge is 1.95. The lowest BCUT2D eigenvalue weighted by molar-refractivity contribution is 0.641. The van der Waals surface area contributed by atoms with Gasteiger partial charge < -0.3 is 5.73 Å². The van der Waals surface area contributed by atoms with Crippen molar-refractivity contribution in [3.8, 4) is 0 Å². The van der Waals surface area contributed by atoms with Crippen molar-refractivity contribution in [2.24, 2.45) is 11.7 Å². The average molecular weight is 114 g/mol. The molecule has 0 aliphatic rings. The van der Waals surface area contributed by atoms with Gasteiger partial charge in [0.1, 0.15) is 0 Å². The summed E-state index contributed by atoms with van der Waals surface area (Å²) >= 11 is 0. The van der Waals surface area contributed by atoms with Crippen molar-refractivity contribution in [2.75, 3.05) is 6.54 Å². The van der Waals surface area contributed by atoms with Gasteiger partial charge in [-0.25, -0.2) is 0 Å². The molecular formula is C7H16N. The van der Waals surface area contributed by atoms with Crippen LogP contribution in [0.2, 0.25) is 0 Å². The predicted molar refractivity (Wildman–Crippen MR) is 37.4 cm³/mol. The van der Waals surface area contributed by atoms with Crippen LogP contribution in [0.4, 0.5) is 0 Å². The van der Waals surface area contributed by atoms with Crippen LogP contribution in [0.3, 0.4) is 0 Å². The molecular weight excluding hydrogens is 98.1 g/mol. The summed E-state index contributed by atoms with van der Waals surface area (Å²) in [7, 11) is 0. The van der Waals surface area contributed by atoms with Gasteiger partial charge in [-0.15, -0.1) is 0 Å². The Morgan fingerprint density at radius 2 is 2.25 bits per heavy atom. The molecule has 0 aliphatic carbocycles. The summed E-state index contributed by atoms with van der Waals surface area (Å²) < 4.78 is 0. The van der Waals surface area contributed by atoms with Crippen LogP contribution in [0.15, 0.2) is 0 Å². The Balaban J connectivity index is 2.86. The zero-order valence-corrected chi connectivity index (χ0v) is 5.85. The molecule has 0 saturated heterocycles. The molecule has 0 aliphatic heterocycles. The van der Waals surface area contributed by atoms with E-state index in [4.69, 9.17) is 5.73 Å². The molecule has 1 atom stereocenters. The average Bonchev–Trinajstić information content (AvgIpc) is 1.83. The zero-order valence-electron chi connectivity index (χ0n) is 5.85. The number of unbranched alkanes of at least 4 members (excludes halogenated alkanes) is 1. The highest BCUT2D eigenvalue weighted by Crippen LogP contribution is 2.02. The van der Waals surface area contributed by atoms with Gasteiger partial charge in [-0.1, -0.05) is 26.7 Å². The molecule has 1 radical (unpaired) electrons. The molecule has 0 amide bonds. The van der Waals surface area contributed by atoms with Gasteiger partial charge in [0.15, 0.2) is 0 Å². The van der Waals surface area contributed by atoms with E-state index in [1.807, 2.05) is 0 Å². The molecule has 0 saturated carbocycles. The Morgan fingerprint density at radius 1 is 1.62 bits per heavy atom. The van der Waals surface area contributed by atoms with E-state index in [2.05, 4.69) is 20.3 Å². The molecule has 2 N–H and O–H groups in total. The fourth-order valence-corrected chi connectivity index (χ4v) is 0.547. The third kappa shape index (κ3) is 4.13. The monoisotopic (exact) mass is 114 g/mol. The highest BCUT2D eigenvalue weighted by molar-refractivity contribution is 4.71. The van der Waals surface area contributed by atoms with E-state index < -0.39 is 0 Å². The van der Waals surface area contributed by atoms with Gasteiger partial charge in [-0.05, 0) is 18.9 Å². The second kappa shape index (κ2) is 5.10. The van der Waals surface area contributed by atoms with Crippen molar-refractivity contribution in [3.63, 3.8) is 0 Å². The summed E-state index contributed by atoms with van der Waals surface area (Å²) in [5, 5.41) is 0. The van der Waals surface area contributed by atoms with Crippen molar-refractivity contribution in [2.45, 2.75) is 26.7 Å². The van der Waals surface area contributed by atoms with E-state index in [0.29, 0.717) is 5.92 Å². The van der Waals surface area contributed by atoms with Crippen molar-refractivity contribution >= 4 is 0 Å². The minimum absolute atomic E-state index is 0.606. The lowest BCUT2D eigenvalue weighted by Crippen LogP contribution is -2.10. The van der Waals surface area contributed by atoms with Crippen molar-refractivity contribution in [1.82, 2.24) is 0 Å². The van der Waals surface area contributed by atoms with Gasteiger partial charge in [0, 0.05) is 0 Å². The Hall–Kier alpha value is -0.0400. The maximum atomic E-state index is 5.38. The summed E-state index contributed by atoms with van der Waals surface area (Å²) in [5.74, 6) is 0.606. The molecule has 0 aromatic heterocycles. The topological polar surface area (TPSA) is 26.0 Å². The minimum Gasteiger partial charge on any atom is -0.330 e. The third-order valence-electron chi connectivity index (χ3n) is 1.23. The zero-order chi connectivity index (χ0) is 6.41. The van der Waals surface area contributed by atoms with E-state index in [9.17, 15) is 0 Å². The fraction of sp³-hybridized carbons (Fsp3) is 0.857. The van der Waals surface area contributed by atoms with Crippen LogP contribution in [0.1, 0.15) is 26.7 Å². The quantitative estimate of drug-likeness (QED) is 0.590. The standard InChI is InChI=1S/C7H16N/c1-3-4-5-7(2)6-8/h5,7H,3-4,6,8H2,1-2H3/t7-/m1/s1. The third-order valence-corrected chi connectivity index (χ3v) is 1.23. The maximum Gasteiger partial charge on any atom is -0.00488 e. The van der Waals surface area contributed by atoms with Crippen LogP contribution >= 0.6 is 0 Å². The predicted octanol–water partition coefficient (Wildman–Crippen LogP) is 1.59. The molecule has 0 aromatic rings. The molecule has 1 heteroatoms. The largest absolute Gasteiger partial charge is 0.330 e. The van der Waals surface area contributed by atoms with Crippen LogP contribution in [0, 0.1) is 12.3 Å². The van der Waals surface area contributed by atoms with E-state index in [0.717, 1.165) is 6.54 Å². The molecule has 0 unspecified atom stereocenters. The van der Waals surface area contributed by atoms with Gasteiger partial charge in [-0.2, -0.15) is 0 Å². The molecule has 49 valence electrons. The smallest absolute Gasteiger partial charge is 0.00488 e. The number of hydrogen-bond acceptors (Lipinski definition) is 1. The first kappa shape index (κ1) is 7.96. The Morgan fingerprint density at radius 3 is 2.62 bits per heavy atom. The number of rotatable bonds is 4. The second-order valence-corrected chi connectivity index (χ2v) is 2.24. The molecule has 0 heterocycles. The Bertz CT molecular complexity index is 43.7. The van der Waals surface area contributed by atoms with Crippen LogP contribution in [0.5, 0.6) is 0 Å². The Kier molecular flexibility index (Phi) is 5.08. The van der Waals surface area contributed by atoms with Gasteiger partial charge in [0.25, 0.3) is 0 Å². The summed E-state index contributed by atoms with van der Waals surface area (Å²) in [6.45, 7) is 5.12. The summed E-state index contributed by atoms with van der Waals surface area (Å²) in [5.41, 5.74) is 5.38. The van der Waals surface area contributed by atoms with Gasteiger partial charge in [0.05, 0.1) is 0 Å². The SMILES string of the molecule is CCC[CH][C@@H](C)CN. The number of nitrogens with two attached hydrogens (primary N) is 1. The fourth-order valence-electron chi connectivity index (χ4n) is 0.547. The van der Waals surface area contributed by atoms with Gasteiger partial charge >= 0.3 is 0 Å². The maximum absolute atomic E-state index is 5.38. The molecule has 0 aromatic carbocycles. The van der Waals surface area contributed by atoms with Crippen molar-refractivity contribution in [3.05, 3.63) is 6.42 Å². The molecule has 0 bridgehead atoms. The molecule has 0 rings (SSSR count). The molecule has 0 spiro atoms. The van der Waals surface area contributed by atoms with Crippen LogP contribution in [-0.2, 0) is 0 Å². The molecule has 0 fully saturated rings. The Labute approximate surface area is 52.3 Å². The van der Waals surface area contributed by atoms with E-state index in [1.165, 1.54) is 12.8 Å².